The molecule has 2 aromatic rings. The van der Waals surface area contributed by atoms with E-state index in [9.17, 15) is 0 Å². The molecule has 0 aliphatic rings. The summed E-state index contributed by atoms with van der Waals surface area (Å²) >= 11 is 0. The highest BCUT2D eigenvalue weighted by molar-refractivity contribution is 5.80. The van der Waals surface area contributed by atoms with Crippen molar-refractivity contribution in [3.63, 3.8) is 0 Å². The van der Waals surface area contributed by atoms with Crippen molar-refractivity contribution in [2.75, 3.05) is 0 Å². The predicted octanol–water partition coefficient (Wildman–Crippen LogP) is 3.16. The van der Waals surface area contributed by atoms with Gasteiger partial charge in [0.1, 0.15) is 0 Å². The van der Waals surface area contributed by atoms with Crippen LogP contribution >= 0.6 is 0 Å². The van der Waals surface area contributed by atoms with E-state index < -0.39 is 0 Å². The van der Waals surface area contributed by atoms with E-state index in [-0.39, 0.29) is 0 Å². The Kier molecular flexibility index (Phi) is 2.75. The minimum absolute atomic E-state index is 0.449. The summed E-state index contributed by atoms with van der Waals surface area (Å²) in [6.07, 6.45) is 6.05. The Balaban J connectivity index is 2.35. The molecule has 0 aliphatic carbocycles. The van der Waals surface area contributed by atoms with E-state index in [2.05, 4.69) is 17.1 Å². The Morgan fingerprint density at radius 1 is 1.33 bits per heavy atom. The normalized spacial score (nSPS) is 10.6. The van der Waals surface area contributed by atoms with Crippen molar-refractivity contribution in [3.8, 4) is 6.07 Å². The largest absolute Gasteiger partial charge is 0.256 e. The Hall–Kier alpha value is -2.14. The third kappa shape index (κ3) is 2.21. The highest BCUT2D eigenvalue weighted by Gasteiger charge is 1.93. The first kappa shape index (κ1) is 9.42. The number of hydrogen-bond donors (Lipinski definition) is 0. The number of hydrogen-bond acceptors (Lipinski definition) is 2. The molecule has 0 amide bonds. The molecule has 15 heavy (non-hydrogen) atoms. The Labute approximate surface area is 88.5 Å². The number of fused-ring (bicyclic) bond motifs is 1. The van der Waals surface area contributed by atoms with E-state index in [0.717, 1.165) is 16.5 Å². The first-order valence-corrected chi connectivity index (χ1v) is 4.78. The van der Waals surface area contributed by atoms with Crippen molar-refractivity contribution in [1.82, 2.24) is 4.98 Å². The van der Waals surface area contributed by atoms with Gasteiger partial charge in [-0.25, -0.2) is 0 Å². The van der Waals surface area contributed by atoms with E-state index >= 15 is 0 Å². The van der Waals surface area contributed by atoms with E-state index in [0.29, 0.717) is 6.42 Å². The number of pyridine rings is 1. The van der Waals surface area contributed by atoms with Crippen LogP contribution in [0.15, 0.2) is 42.6 Å². The molecular formula is C13H10N2. The van der Waals surface area contributed by atoms with Crippen molar-refractivity contribution in [2.45, 2.75) is 6.42 Å². The first-order chi connectivity index (χ1) is 7.40. The summed E-state index contributed by atoms with van der Waals surface area (Å²) in [5.74, 6) is 0. The fraction of sp³-hybridized carbons (Fsp3) is 0.0769. The molecule has 0 radical (unpaired) electrons. The molecule has 72 valence electrons. The first-order valence-electron chi connectivity index (χ1n) is 4.78. The SMILES string of the molecule is N#CCC=Cc1ccc2ncccc2c1. The molecule has 1 heterocycles. The van der Waals surface area contributed by atoms with Crippen molar-refractivity contribution in [3.05, 3.63) is 48.2 Å². The Morgan fingerprint density at radius 3 is 3.13 bits per heavy atom. The molecule has 1 aromatic carbocycles. The maximum atomic E-state index is 8.40. The highest BCUT2D eigenvalue weighted by Crippen LogP contribution is 2.14. The van der Waals surface area contributed by atoms with Crippen LogP contribution in [0.25, 0.3) is 17.0 Å². The number of nitrogens with zero attached hydrogens (tertiary/aromatic N) is 2. The summed E-state index contributed by atoms with van der Waals surface area (Å²) in [6.45, 7) is 0. The molecule has 2 heteroatoms. The number of aromatic nitrogens is 1. The zero-order valence-electron chi connectivity index (χ0n) is 8.22. The van der Waals surface area contributed by atoms with Crippen LogP contribution in [0, 0.1) is 11.3 Å². The minimum atomic E-state index is 0.449. The molecule has 0 bridgehead atoms. The monoisotopic (exact) mass is 194 g/mol. The lowest BCUT2D eigenvalue weighted by Gasteiger charge is -1.97. The predicted molar refractivity (Wildman–Crippen MR) is 61.0 cm³/mol. The lowest BCUT2D eigenvalue weighted by molar-refractivity contribution is 1.36. The van der Waals surface area contributed by atoms with Crippen molar-refractivity contribution in [1.29, 1.82) is 5.26 Å². The van der Waals surface area contributed by atoms with Gasteiger partial charge in [0.2, 0.25) is 0 Å². The second-order valence-corrected chi connectivity index (χ2v) is 3.22. The molecule has 0 fully saturated rings. The Morgan fingerprint density at radius 2 is 2.27 bits per heavy atom. The van der Waals surface area contributed by atoms with Crippen LogP contribution in [0.5, 0.6) is 0 Å². The molecule has 0 saturated heterocycles. The Bertz CT molecular complexity index is 535. The molecule has 2 nitrogen and oxygen atoms in total. The van der Waals surface area contributed by atoms with Crippen LogP contribution in [0.3, 0.4) is 0 Å². The van der Waals surface area contributed by atoms with Gasteiger partial charge in [0, 0.05) is 11.6 Å². The van der Waals surface area contributed by atoms with E-state index in [1.807, 2.05) is 36.4 Å². The van der Waals surface area contributed by atoms with Gasteiger partial charge < -0.3 is 0 Å². The van der Waals surface area contributed by atoms with Gasteiger partial charge in [-0.1, -0.05) is 24.3 Å². The lowest BCUT2D eigenvalue weighted by atomic mass is 10.1. The standard InChI is InChI=1S/C13H10N2/c14-8-2-1-4-11-6-7-13-12(10-11)5-3-9-15-13/h1,3-7,9-10H,2H2. The van der Waals surface area contributed by atoms with Gasteiger partial charge in [-0.2, -0.15) is 5.26 Å². The summed E-state index contributed by atoms with van der Waals surface area (Å²) < 4.78 is 0. The minimum Gasteiger partial charge on any atom is -0.256 e. The molecule has 2 rings (SSSR count). The average molecular weight is 194 g/mol. The van der Waals surface area contributed by atoms with Crippen LogP contribution in [-0.2, 0) is 0 Å². The quantitative estimate of drug-likeness (QED) is 0.736. The summed E-state index contributed by atoms with van der Waals surface area (Å²) in [5.41, 5.74) is 2.10. The van der Waals surface area contributed by atoms with Crippen LogP contribution in [0.2, 0.25) is 0 Å². The van der Waals surface area contributed by atoms with Gasteiger partial charge >= 0.3 is 0 Å². The van der Waals surface area contributed by atoms with Gasteiger partial charge in [0.05, 0.1) is 18.0 Å². The summed E-state index contributed by atoms with van der Waals surface area (Å²) in [7, 11) is 0. The van der Waals surface area contributed by atoms with Gasteiger partial charge in [-0.05, 0) is 23.8 Å². The van der Waals surface area contributed by atoms with Crippen molar-refractivity contribution < 1.29 is 0 Å². The van der Waals surface area contributed by atoms with E-state index in [1.165, 1.54) is 0 Å². The molecule has 1 aromatic heterocycles. The second kappa shape index (κ2) is 4.39. The third-order valence-corrected chi connectivity index (χ3v) is 2.15. The van der Waals surface area contributed by atoms with Gasteiger partial charge in [0.25, 0.3) is 0 Å². The van der Waals surface area contributed by atoms with Gasteiger partial charge in [-0.3, -0.25) is 4.98 Å². The maximum absolute atomic E-state index is 8.40. The smallest absolute Gasteiger partial charge is 0.0702 e. The summed E-state index contributed by atoms with van der Waals surface area (Å²) in [6, 6.07) is 12.1. The van der Waals surface area contributed by atoms with Gasteiger partial charge in [0.15, 0.2) is 0 Å². The number of allylic oxidation sites excluding steroid dienone is 1. The van der Waals surface area contributed by atoms with Crippen LogP contribution in [-0.4, -0.2) is 4.98 Å². The molecule has 0 atom stereocenters. The highest BCUT2D eigenvalue weighted by atomic mass is 14.6. The lowest BCUT2D eigenvalue weighted by Crippen LogP contribution is -1.78. The fourth-order valence-corrected chi connectivity index (χ4v) is 1.45. The zero-order valence-corrected chi connectivity index (χ0v) is 8.22. The average Bonchev–Trinajstić information content (AvgIpc) is 2.29. The second-order valence-electron chi connectivity index (χ2n) is 3.22. The molecule has 0 N–H and O–H groups in total. The molecule has 0 saturated carbocycles. The molecular weight excluding hydrogens is 184 g/mol. The van der Waals surface area contributed by atoms with Gasteiger partial charge in [-0.15, -0.1) is 0 Å². The van der Waals surface area contributed by atoms with E-state index in [4.69, 9.17) is 5.26 Å². The third-order valence-electron chi connectivity index (χ3n) is 2.15. The topological polar surface area (TPSA) is 36.7 Å². The summed E-state index contributed by atoms with van der Waals surface area (Å²) in [5, 5.41) is 9.53. The van der Waals surface area contributed by atoms with Crippen molar-refractivity contribution in [2.24, 2.45) is 0 Å². The van der Waals surface area contributed by atoms with Crippen LogP contribution < -0.4 is 0 Å². The molecule has 0 unspecified atom stereocenters. The maximum Gasteiger partial charge on any atom is 0.0702 e. The zero-order chi connectivity index (χ0) is 10.5. The number of nitriles is 1. The van der Waals surface area contributed by atoms with E-state index in [1.54, 1.807) is 6.20 Å². The molecule has 0 spiro atoms. The fourth-order valence-electron chi connectivity index (χ4n) is 1.45. The number of benzene rings is 1. The summed E-state index contributed by atoms with van der Waals surface area (Å²) in [4.78, 5) is 4.24. The number of rotatable bonds is 2. The van der Waals surface area contributed by atoms with Crippen LogP contribution in [0.1, 0.15) is 12.0 Å². The molecule has 0 aliphatic heterocycles. The van der Waals surface area contributed by atoms with Crippen molar-refractivity contribution >= 4 is 17.0 Å². The van der Waals surface area contributed by atoms with Crippen LogP contribution in [0.4, 0.5) is 0 Å².